The molecule has 0 aliphatic rings. The van der Waals surface area contributed by atoms with Gasteiger partial charge in [-0.2, -0.15) is 25.3 Å². The molecule has 0 saturated carbocycles. The lowest BCUT2D eigenvalue weighted by molar-refractivity contribution is -0.142. The molecule has 14 atom stereocenters. The number of carbonyl (C=O) groups excluding carboxylic acids is 13. The van der Waals surface area contributed by atoms with Crippen molar-refractivity contribution in [2.75, 3.05) is 37.7 Å². The van der Waals surface area contributed by atoms with E-state index in [2.05, 4.69) is 99.4 Å². The van der Waals surface area contributed by atoms with Crippen LogP contribution in [0.5, 0.6) is 0 Å². The van der Waals surface area contributed by atoms with Crippen molar-refractivity contribution < 1.29 is 87.5 Å². The van der Waals surface area contributed by atoms with Crippen molar-refractivity contribution in [3.63, 3.8) is 0 Å². The van der Waals surface area contributed by atoms with Crippen molar-refractivity contribution in [3.8, 4) is 0 Å². The lowest BCUT2D eigenvalue weighted by Crippen LogP contribution is -2.64. The van der Waals surface area contributed by atoms with E-state index in [0.717, 1.165) is 13.8 Å². The average Bonchev–Trinajstić information content (AvgIpc) is 1.81. The number of aliphatic hydroxyl groups excluding tert-OH is 3. The zero-order valence-electron chi connectivity index (χ0n) is 63.6. The highest BCUT2D eigenvalue weighted by Crippen LogP contribution is 2.21. The van der Waals surface area contributed by atoms with Gasteiger partial charge < -0.3 is 112 Å². The van der Waals surface area contributed by atoms with Gasteiger partial charge in [0, 0.05) is 54.3 Å². The number of thiol groups is 2. The predicted molar refractivity (Wildman–Crippen MR) is 424 cm³/mol. The maximum Gasteiger partial charge on any atom is 0.327 e. The Balaban J connectivity index is 1.45. The molecule has 37 heteroatoms. The summed E-state index contributed by atoms with van der Waals surface area (Å²) >= 11 is 8.12. The average molecular weight is 1610 g/mol. The molecule has 0 spiro atoms. The number of unbranched alkanes of at least 4 members (excludes halogenated alkanes) is 2. The number of carboxylic acids is 1. The van der Waals surface area contributed by atoms with E-state index in [0.29, 0.717) is 52.4 Å². The molecule has 1 heterocycles. The summed E-state index contributed by atoms with van der Waals surface area (Å²) in [6, 6.07) is 13.8. The maximum atomic E-state index is 15.3. The molecule has 35 nitrogen and oxygen atoms in total. The number of aliphatic carboxylic acids is 1. The number of hydrogen-bond acceptors (Lipinski definition) is 22. The summed E-state index contributed by atoms with van der Waals surface area (Å²) < 4.78 is 0. The number of benzene rings is 4. The third-order valence-corrected chi connectivity index (χ3v) is 18.8. The van der Waals surface area contributed by atoms with Gasteiger partial charge in [0.15, 0.2) is 0 Å². The van der Waals surface area contributed by atoms with Crippen molar-refractivity contribution in [2.24, 2.45) is 17.2 Å². The summed E-state index contributed by atoms with van der Waals surface area (Å²) in [6.45, 7) is 5.22. The first kappa shape index (κ1) is 93.1. The van der Waals surface area contributed by atoms with Crippen LogP contribution in [-0.4, -0.2) is 236 Å². The van der Waals surface area contributed by atoms with Crippen molar-refractivity contribution in [3.05, 3.63) is 144 Å². The number of aromatic amines is 1. The quantitative estimate of drug-likeness (QED) is 0.0131. The number of nitrogens with two attached hydrogens (primary N) is 3. The van der Waals surface area contributed by atoms with Gasteiger partial charge in [-0.15, -0.1) is 0 Å². The zero-order valence-corrected chi connectivity index (χ0v) is 65.4. The van der Waals surface area contributed by atoms with Crippen LogP contribution in [0, 0.1) is 0 Å². The van der Waals surface area contributed by atoms with Gasteiger partial charge in [0.25, 0.3) is 0 Å². The van der Waals surface area contributed by atoms with Crippen molar-refractivity contribution in [1.29, 1.82) is 0 Å². The van der Waals surface area contributed by atoms with Gasteiger partial charge in [-0.1, -0.05) is 109 Å². The summed E-state index contributed by atoms with van der Waals surface area (Å²) in [5.41, 5.74) is 18.1. The van der Waals surface area contributed by atoms with Gasteiger partial charge in [-0.3, -0.25) is 62.3 Å². The highest BCUT2D eigenvalue weighted by Gasteiger charge is 2.40. The lowest BCUT2D eigenvalue weighted by atomic mass is 9.98. The fourth-order valence-corrected chi connectivity index (χ4v) is 12.1. The Morgan fingerprint density at radius 1 is 0.434 bits per heavy atom. The Labute approximate surface area is 665 Å². The van der Waals surface area contributed by atoms with Crippen molar-refractivity contribution in [2.45, 2.75) is 189 Å². The molecule has 24 N–H and O–H groups in total. The molecule has 113 heavy (non-hydrogen) atoms. The second-order valence-electron chi connectivity index (χ2n) is 27.7. The summed E-state index contributed by atoms with van der Waals surface area (Å²) in [5.74, 6) is -14.4. The van der Waals surface area contributed by atoms with E-state index in [4.69, 9.17) is 17.2 Å². The van der Waals surface area contributed by atoms with Crippen LogP contribution in [0.1, 0.15) is 95.4 Å². The lowest BCUT2D eigenvalue weighted by Gasteiger charge is -2.31. The smallest absolute Gasteiger partial charge is 0.327 e. The van der Waals surface area contributed by atoms with Crippen LogP contribution in [0.2, 0.25) is 0 Å². The van der Waals surface area contributed by atoms with Crippen LogP contribution in [0.25, 0.3) is 10.9 Å². The standard InChI is InChI=1S/C76H107N17O18S2/c1-42(79)63(98)81-38-60(97)82-58(40-112)70(105)84-52(30-18-20-32-78)71(106)93-76(4,5)75(111)90-55(35-47-25-13-8-14-26-47)66(101)85-53(33-45-21-9-6-10-22-45)65(100)86-56(36-48-37-80-50-28-16-15-27-49(48)50)67(102)83-51(29-17-19-31-77)64(99)91-61(43(2)95)72(107)87-54(34-46-23-11-7-12-24-46)68(103)92-62(44(3)96)73(108)88-57(39-94)69(104)89-59(41-113)74(109)110/h6-16,21-28,37,42-44,51-59,61-62,80,94-96,112-113H,17-20,29-36,38-41,77-79H2,1-5H3,(H,81,98)(H,82,97)(H,83,102)(H,84,105)(H,85,101)(H,86,100)(H,87,107)(H,88,108)(H,89,104)(H,90,111)(H,91,99)(H,92,103)(H,93,106)(H,109,110)/t42?,43?,44?,51-,52-,53-,54-,55-,56-,57-,58-,59-,61-,62-/m0/s1. The number of carboxylic acid groups (broad SMARTS) is 1. The van der Waals surface area contributed by atoms with Crippen molar-refractivity contribution >= 4 is 119 Å². The second-order valence-corrected chi connectivity index (χ2v) is 28.5. The van der Waals surface area contributed by atoms with Crippen molar-refractivity contribution in [1.82, 2.24) is 74.1 Å². The molecule has 0 bridgehead atoms. The van der Waals surface area contributed by atoms with Crippen LogP contribution in [0.4, 0.5) is 0 Å². The molecule has 5 rings (SSSR count). The number of amides is 13. The number of rotatable bonds is 48. The number of nitrogens with one attached hydrogen (secondary N) is 14. The van der Waals surface area contributed by atoms with Crippen LogP contribution >= 0.6 is 25.3 Å². The molecule has 616 valence electrons. The Hall–Kier alpha value is -10.5. The van der Waals surface area contributed by atoms with Crippen LogP contribution in [-0.2, 0) is 92.8 Å². The normalized spacial score (nSPS) is 15.0. The van der Waals surface area contributed by atoms with E-state index in [-0.39, 0.29) is 69.5 Å². The first-order valence-electron chi connectivity index (χ1n) is 36.9. The Kier molecular flexibility index (Phi) is 38.8. The highest BCUT2D eigenvalue weighted by molar-refractivity contribution is 7.80. The molecule has 0 aliphatic heterocycles. The third-order valence-electron chi connectivity index (χ3n) is 18.0. The van der Waals surface area contributed by atoms with Gasteiger partial charge in [-0.25, -0.2) is 4.79 Å². The molecule has 0 saturated heterocycles. The van der Waals surface area contributed by atoms with Crippen LogP contribution < -0.4 is 86.3 Å². The number of H-pyrrole nitrogens is 1. The van der Waals surface area contributed by atoms with Gasteiger partial charge >= 0.3 is 5.97 Å². The molecule has 0 fully saturated rings. The van der Waals surface area contributed by atoms with E-state index in [1.807, 2.05) is 0 Å². The van der Waals surface area contributed by atoms with E-state index < -0.39 is 186 Å². The largest absolute Gasteiger partial charge is 0.480 e. The molecular formula is C76H107N17O18S2. The fourth-order valence-electron chi connectivity index (χ4n) is 11.6. The van der Waals surface area contributed by atoms with Crippen LogP contribution in [0.3, 0.4) is 0 Å². The van der Waals surface area contributed by atoms with Gasteiger partial charge in [-0.05, 0) is 115 Å². The summed E-state index contributed by atoms with van der Waals surface area (Å²) in [4.78, 5) is 198. The van der Waals surface area contributed by atoms with Gasteiger partial charge in [0.05, 0.1) is 31.4 Å². The monoisotopic (exact) mass is 1610 g/mol. The Morgan fingerprint density at radius 3 is 1.24 bits per heavy atom. The topological polar surface area (TPSA) is 570 Å². The van der Waals surface area contributed by atoms with Gasteiger partial charge in [0.1, 0.15) is 72.0 Å². The predicted octanol–water partition coefficient (Wildman–Crippen LogP) is -3.91. The minimum absolute atomic E-state index is 0.0268. The first-order valence-corrected chi connectivity index (χ1v) is 38.2. The van der Waals surface area contributed by atoms with E-state index in [9.17, 15) is 73.2 Å². The number of para-hydroxylation sites is 1. The summed E-state index contributed by atoms with van der Waals surface area (Å²) in [7, 11) is 0. The van der Waals surface area contributed by atoms with Gasteiger partial charge in [0.2, 0.25) is 76.8 Å². The molecule has 0 aliphatic carbocycles. The summed E-state index contributed by atoms with van der Waals surface area (Å²) in [6.07, 6.45) is -1.56. The van der Waals surface area contributed by atoms with Crippen LogP contribution in [0.15, 0.2) is 121 Å². The summed E-state index contributed by atoms with van der Waals surface area (Å²) in [5, 5.41) is 75.0. The molecule has 0 radical (unpaired) electrons. The third kappa shape index (κ3) is 30.5. The minimum atomic E-state index is -1.89. The highest BCUT2D eigenvalue weighted by atomic mass is 32.1. The number of fused-ring (bicyclic) bond motifs is 1. The molecule has 1 aromatic heterocycles. The SMILES string of the molecule is CC(N)C(=O)NCC(=O)N[C@@H](CS)C(=O)N[C@@H](CCCCN)C(=O)NC(C)(C)C(=O)N[C@@H](Cc1ccccc1)C(=O)N[C@@H](Cc1ccccc1)C(=O)N[C@@H](Cc1c[nH]c2ccccc12)C(=O)N[C@@H](CCCCN)C(=O)N[C@H](C(=O)N[C@@H](Cc1ccccc1)C(=O)N[C@H](C(=O)N[C@@H](CO)C(=O)N[C@@H](CS)C(=O)O)C(C)O)C(C)O. The number of aromatic nitrogens is 1. The first-order chi connectivity index (χ1) is 53.7. The fraction of sp³-hybridized carbons (Fsp3) is 0.474. The van der Waals surface area contributed by atoms with E-state index in [1.54, 1.807) is 121 Å². The number of aliphatic hydroxyl groups is 3. The number of hydrogen-bond donors (Lipinski definition) is 23. The molecule has 4 aromatic carbocycles. The molecule has 13 amide bonds. The Morgan fingerprint density at radius 2 is 0.805 bits per heavy atom. The Bertz CT molecular complexity index is 4010. The zero-order chi connectivity index (χ0) is 83.5. The molecule has 3 unspecified atom stereocenters. The second kappa shape index (κ2) is 47.1. The van der Waals surface area contributed by atoms with E-state index >= 15 is 14.4 Å². The molecule has 5 aromatic rings. The maximum absolute atomic E-state index is 15.3. The van der Waals surface area contributed by atoms with E-state index in [1.165, 1.54) is 20.8 Å². The molecular weight excluding hydrogens is 1500 g/mol. The minimum Gasteiger partial charge on any atom is -0.480 e. The number of carbonyl (C=O) groups is 14.